The first-order valence-electron chi connectivity index (χ1n) is 7.34. The number of amides is 1. The molecule has 0 radical (unpaired) electrons. The van der Waals surface area contributed by atoms with E-state index in [0.29, 0.717) is 12.3 Å². The van der Waals surface area contributed by atoms with Gasteiger partial charge < -0.3 is 10.6 Å². The molecule has 1 amide bonds. The van der Waals surface area contributed by atoms with Crippen LogP contribution in [0.15, 0.2) is 28.7 Å². The lowest BCUT2D eigenvalue weighted by atomic mass is 9.91. The van der Waals surface area contributed by atoms with Crippen LogP contribution < -0.4 is 5.73 Å². The summed E-state index contributed by atoms with van der Waals surface area (Å²) in [5.41, 5.74) is 7.14. The molecule has 1 aliphatic heterocycles. The summed E-state index contributed by atoms with van der Waals surface area (Å²) >= 11 is 3.46. The average Bonchev–Trinajstić information content (AvgIpc) is 2.45. The molecule has 2 rings (SSSR count). The van der Waals surface area contributed by atoms with Crippen LogP contribution in [-0.4, -0.2) is 29.9 Å². The molecular weight excluding hydrogens is 352 g/mol. The van der Waals surface area contributed by atoms with Crippen LogP contribution >= 0.6 is 28.3 Å². The maximum Gasteiger partial charge on any atom is 0.222 e. The van der Waals surface area contributed by atoms with Crippen molar-refractivity contribution in [2.45, 2.75) is 38.6 Å². The Bertz CT molecular complexity index is 459. The Balaban J connectivity index is 0.00000220. The van der Waals surface area contributed by atoms with Crippen LogP contribution in [0.4, 0.5) is 0 Å². The van der Waals surface area contributed by atoms with Crippen LogP contribution in [0.1, 0.15) is 31.7 Å². The number of rotatable bonds is 4. The Morgan fingerprint density at radius 2 is 2.10 bits per heavy atom. The number of nitrogens with zero attached hydrogens (tertiary/aromatic N) is 1. The first-order valence-corrected chi connectivity index (χ1v) is 8.13. The molecule has 1 aromatic carbocycles. The quantitative estimate of drug-likeness (QED) is 0.877. The van der Waals surface area contributed by atoms with Crippen molar-refractivity contribution in [2.24, 2.45) is 11.7 Å². The van der Waals surface area contributed by atoms with Gasteiger partial charge >= 0.3 is 0 Å². The van der Waals surface area contributed by atoms with Crippen LogP contribution in [0.5, 0.6) is 0 Å². The number of carbonyl (C=O) groups excluding carboxylic acids is 1. The summed E-state index contributed by atoms with van der Waals surface area (Å²) in [6.45, 7) is 3.79. The first-order chi connectivity index (χ1) is 9.56. The minimum atomic E-state index is 0. The normalized spacial score (nSPS) is 17.2. The summed E-state index contributed by atoms with van der Waals surface area (Å²) in [4.78, 5) is 14.2. The lowest BCUT2D eigenvalue weighted by molar-refractivity contribution is -0.132. The minimum absolute atomic E-state index is 0. The molecule has 0 aromatic heterocycles. The second-order valence-electron chi connectivity index (χ2n) is 5.71. The van der Waals surface area contributed by atoms with Gasteiger partial charge in [0.15, 0.2) is 0 Å². The summed E-state index contributed by atoms with van der Waals surface area (Å²) in [5, 5.41) is 0. The molecule has 1 unspecified atom stereocenters. The van der Waals surface area contributed by atoms with Crippen LogP contribution in [0.3, 0.4) is 0 Å². The number of carbonyl (C=O) groups is 1. The third kappa shape index (κ3) is 5.61. The predicted octanol–water partition coefficient (Wildman–Crippen LogP) is 3.39. The Hall–Kier alpha value is -0.580. The molecular formula is C16H24BrClN2O. The second-order valence-corrected chi connectivity index (χ2v) is 6.62. The maximum atomic E-state index is 12.2. The topological polar surface area (TPSA) is 46.3 Å². The third-order valence-electron chi connectivity index (χ3n) is 4.15. The fourth-order valence-corrected chi connectivity index (χ4v) is 3.22. The first kappa shape index (κ1) is 18.5. The van der Waals surface area contributed by atoms with Crippen LogP contribution in [0.25, 0.3) is 0 Å². The molecule has 1 saturated heterocycles. The van der Waals surface area contributed by atoms with E-state index in [1.165, 1.54) is 5.56 Å². The van der Waals surface area contributed by atoms with Gasteiger partial charge in [-0.25, -0.2) is 0 Å². The molecule has 3 nitrogen and oxygen atoms in total. The molecule has 0 aliphatic carbocycles. The van der Waals surface area contributed by atoms with Crippen molar-refractivity contribution in [2.75, 3.05) is 13.1 Å². The summed E-state index contributed by atoms with van der Waals surface area (Å²) in [7, 11) is 0. The molecule has 0 bridgehead atoms. The summed E-state index contributed by atoms with van der Waals surface area (Å²) < 4.78 is 1.07. The van der Waals surface area contributed by atoms with E-state index in [0.717, 1.165) is 36.8 Å². The van der Waals surface area contributed by atoms with Gasteiger partial charge in [-0.3, -0.25) is 4.79 Å². The molecule has 2 N–H and O–H groups in total. The smallest absolute Gasteiger partial charge is 0.222 e. The van der Waals surface area contributed by atoms with Gasteiger partial charge in [0, 0.05) is 30.0 Å². The highest BCUT2D eigenvalue weighted by Gasteiger charge is 2.24. The van der Waals surface area contributed by atoms with Crippen molar-refractivity contribution >= 4 is 34.2 Å². The van der Waals surface area contributed by atoms with Gasteiger partial charge in [-0.15, -0.1) is 12.4 Å². The van der Waals surface area contributed by atoms with Gasteiger partial charge in [0.25, 0.3) is 0 Å². The average molecular weight is 376 g/mol. The van der Waals surface area contributed by atoms with Gasteiger partial charge in [0.1, 0.15) is 0 Å². The van der Waals surface area contributed by atoms with Crippen molar-refractivity contribution in [1.82, 2.24) is 4.90 Å². The number of hydrogen-bond donors (Lipinski definition) is 1. The van der Waals surface area contributed by atoms with Crippen molar-refractivity contribution in [3.05, 3.63) is 34.3 Å². The van der Waals surface area contributed by atoms with Gasteiger partial charge in [-0.2, -0.15) is 0 Å². The van der Waals surface area contributed by atoms with Crippen LogP contribution in [0.2, 0.25) is 0 Å². The van der Waals surface area contributed by atoms with E-state index in [4.69, 9.17) is 5.73 Å². The van der Waals surface area contributed by atoms with Crippen molar-refractivity contribution in [3.8, 4) is 0 Å². The largest absolute Gasteiger partial charge is 0.343 e. The molecule has 1 atom stereocenters. The zero-order valence-electron chi connectivity index (χ0n) is 12.4. The number of aryl methyl sites for hydroxylation is 1. The fraction of sp³-hybridized carbons (Fsp3) is 0.562. The summed E-state index contributed by atoms with van der Waals surface area (Å²) in [6.07, 6.45) is 3.49. The monoisotopic (exact) mass is 374 g/mol. The third-order valence-corrected chi connectivity index (χ3v) is 4.65. The van der Waals surface area contributed by atoms with Gasteiger partial charge in [0.2, 0.25) is 5.91 Å². The lowest BCUT2D eigenvalue weighted by Gasteiger charge is -2.33. The van der Waals surface area contributed by atoms with Gasteiger partial charge in [-0.1, -0.05) is 28.1 Å². The molecule has 1 heterocycles. The van der Waals surface area contributed by atoms with E-state index in [2.05, 4.69) is 35.0 Å². The molecule has 1 aliphatic rings. The lowest BCUT2D eigenvalue weighted by Crippen LogP contribution is -2.42. The van der Waals surface area contributed by atoms with Crippen LogP contribution in [0, 0.1) is 5.92 Å². The minimum Gasteiger partial charge on any atom is -0.343 e. The molecule has 0 saturated carbocycles. The van der Waals surface area contributed by atoms with E-state index < -0.39 is 0 Å². The standard InChI is InChI=1S/C16H23BrN2O.ClH/c1-12(18)14-7-9-19(10-8-14)16(20)6-5-13-3-2-4-15(17)11-13;/h2-4,11-12,14H,5-10,18H2,1H3;1H. The Labute approximate surface area is 141 Å². The molecule has 1 fully saturated rings. The number of piperidine rings is 1. The molecule has 118 valence electrons. The highest BCUT2D eigenvalue weighted by molar-refractivity contribution is 9.10. The maximum absolute atomic E-state index is 12.2. The van der Waals surface area contributed by atoms with E-state index >= 15 is 0 Å². The highest BCUT2D eigenvalue weighted by atomic mass is 79.9. The van der Waals surface area contributed by atoms with E-state index in [1.807, 2.05) is 17.0 Å². The Morgan fingerprint density at radius 1 is 1.43 bits per heavy atom. The molecule has 1 aromatic rings. The molecule has 5 heteroatoms. The summed E-state index contributed by atoms with van der Waals surface area (Å²) in [6, 6.07) is 8.41. The van der Waals surface area contributed by atoms with E-state index in [9.17, 15) is 4.79 Å². The predicted molar refractivity (Wildman–Crippen MR) is 92.7 cm³/mol. The van der Waals surface area contributed by atoms with Crippen molar-refractivity contribution in [1.29, 1.82) is 0 Å². The molecule has 0 spiro atoms. The van der Waals surface area contributed by atoms with E-state index in [-0.39, 0.29) is 24.4 Å². The zero-order chi connectivity index (χ0) is 14.5. The van der Waals surface area contributed by atoms with Gasteiger partial charge in [-0.05, 0) is 49.8 Å². The number of benzene rings is 1. The molecule has 21 heavy (non-hydrogen) atoms. The number of nitrogens with two attached hydrogens (primary N) is 1. The zero-order valence-corrected chi connectivity index (χ0v) is 14.8. The number of hydrogen-bond acceptors (Lipinski definition) is 2. The second kappa shape index (κ2) is 8.76. The fourth-order valence-electron chi connectivity index (χ4n) is 2.78. The Kier molecular flexibility index (Phi) is 7.71. The van der Waals surface area contributed by atoms with Crippen LogP contribution in [-0.2, 0) is 11.2 Å². The SMILES string of the molecule is CC(N)C1CCN(C(=O)CCc2cccc(Br)c2)CC1.Cl. The van der Waals surface area contributed by atoms with E-state index in [1.54, 1.807) is 0 Å². The summed E-state index contributed by atoms with van der Waals surface area (Å²) in [5.74, 6) is 0.845. The van der Waals surface area contributed by atoms with Crippen molar-refractivity contribution < 1.29 is 4.79 Å². The number of likely N-dealkylation sites (tertiary alicyclic amines) is 1. The Morgan fingerprint density at radius 3 is 2.67 bits per heavy atom. The highest BCUT2D eigenvalue weighted by Crippen LogP contribution is 2.20. The van der Waals surface area contributed by atoms with Crippen molar-refractivity contribution in [3.63, 3.8) is 0 Å². The van der Waals surface area contributed by atoms with Gasteiger partial charge in [0.05, 0.1) is 0 Å². The number of halogens is 2.